The molecule has 1 fully saturated rings. The van der Waals surface area contributed by atoms with Crippen LogP contribution in [0.4, 0.5) is 5.82 Å². The van der Waals surface area contributed by atoms with E-state index in [0.29, 0.717) is 4.75 Å². The number of nitrogens with zero attached hydrogens (tertiary/aromatic N) is 3. The molecular formula is C16H20N4S. The summed E-state index contributed by atoms with van der Waals surface area (Å²) < 4.78 is 0.398. The zero-order valence-corrected chi connectivity index (χ0v) is 13.3. The van der Waals surface area contributed by atoms with Crippen LogP contribution < -0.4 is 5.32 Å². The topological polar surface area (TPSA) is 50.7 Å². The Labute approximate surface area is 129 Å². The van der Waals surface area contributed by atoms with Gasteiger partial charge in [-0.2, -0.15) is 11.8 Å². The molecule has 2 aromatic rings. The first-order valence-corrected chi connectivity index (χ1v) is 8.48. The fourth-order valence-electron chi connectivity index (χ4n) is 2.57. The van der Waals surface area contributed by atoms with E-state index in [9.17, 15) is 0 Å². The Hall–Kier alpha value is -1.62. The third-order valence-electron chi connectivity index (χ3n) is 4.08. The predicted molar refractivity (Wildman–Crippen MR) is 88.6 cm³/mol. The van der Waals surface area contributed by atoms with Crippen molar-refractivity contribution in [3.63, 3.8) is 0 Å². The van der Waals surface area contributed by atoms with E-state index >= 15 is 0 Å². The molecular weight excluding hydrogens is 280 g/mol. The largest absolute Gasteiger partial charge is 0.369 e. The van der Waals surface area contributed by atoms with Crippen molar-refractivity contribution in [3.05, 3.63) is 36.3 Å². The van der Waals surface area contributed by atoms with Gasteiger partial charge in [-0.05, 0) is 38.2 Å². The van der Waals surface area contributed by atoms with E-state index < -0.39 is 0 Å². The maximum atomic E-state index is 4.64. The normalized spacial score (nSPS) is 16.3. The van der Waals surface area contributed by atoms with E-state index in [0.717, 1.165) is 29.4 Å². The van der Waals surface area contributed by atoms with E-state index in [1.807, 2.05) is 36.9 Å². The van der Waals surface area contributed by atoms with Gasteiger partial charge in [0, 0.05) is 41.0 Å². The Morgan fingerprint density at radius 2 is 2.00 bits per heavy atom. The van der Waals surface area contributed by atoms with E-state index in [1.54, 1.807) is 12.4 Å². The van der Waals surface area contributed by atoms with Gasteiger partial charge in [0.25, 0.3) is 0 Å². The minimum absolute atomic E-state index is 0.398. The van der Waals surface area contributed by atoms with Crippen molar-refractivity contribution in [3.8, 4) is 11.4 Å². The van der Waals surface area contributed by atoms with Crippen LogP contribution in [0.3, 0.4) is 0 Å². The summed E-state index contributed by atoms with van der Waals surface area (Å²) in [6.45, 7) is 2.98. The van der Waals surface area contributed by atoms with Crippen LogP contribution in [0.1, 0.15) is 25.0 Å². The lowest BCUT2D eigenvalue weighted by Crippen LogP contribution is -2.40. The Bertz CT molecular complexity index is 605. The van der Waals surface area contributed by atoms with Crippen LogP contribution in [0.25, 0.3) is 11.4 Å². The molecule has 0 unspecified atom stereocenters. The van der Waals surface area contributed by atoms with Gasteiger partial charge in [0.05, 0.1) is 0 Å². The second-order valence-electron chi connectivity index (χ2n) is 5.55. The zero-order valence-electron chi connectivity index (χ0n) is 12.5. The molecule has 21 heavy (non-hydrogen) atoms. The van der Waals surface area contributed by atoms with Gasteiger partial charge in [0.1, 0.15) is 5.82 Å². The maximum Gasteiger partial charge on any atom is 0.161 e. The summed E-state index contributed by atoms with van der Waals surface area (Å²) in [5.41, 5.74) is 1.98. The molecule has 3 rings (SSSR count). The molecule has 0 saturated heterocycles. The van der Waals surface area contributed by atoms with Crippen molar-refractivity contribution in [2.24, 2.45) is 0 Å². The second-order valence-corrected chi connectivity index (χ2v) is 6.82. The molecule has 5 heteroatoms. The molecule has 0 bridgehead atoms. The molecule has 0 aliphatic heterocycles. The van der Waals surface area contributed by atoms with Gasteiger partial charge in [0.2, 0.25) is 0 Å². The molecule has 2 aromatic heterocycles. The molecule has 0 spiro atoms. The highest BCUT2D eigenvalue weighted by Crippen LogP contribution is 2.42. The van der Waals surface area contributed by atoms with E-state index in [1.165, 1.54) is 19.3 Å². The summed E-state index contributed by atoms with van der Waals surface area (Å²) in [4.78, 5) is 13.2. The Balaban J connectivity index is 1.78. The summed E-state index contributed by atoms with van der Waals surface area (Å²) in [5, 5.41) is 3.50. The Morgan fingerprint density at radius 3 is 2.62 bits per heavy atom. The third kappa shape index (κ3) is 3.18. The molecule has 0 radical (unpaired) electrons. The number of aryl methyl sites for hydroxylation is 1. The SMILES string of the molecule is CSC1(CNc2cc(C)nc(-c3ccncc3)n2)CCC1. The fraction of sp³-hybridized carbons (Fsp3) is 0.438. The average molecular weight is 300 g/mol. The van der Waals surface area contributed by atoms with Gasteiger partial charge in [-0.3, -0.25) is 4.98 Å². The van der Waals surface area contributed by atoms with Crippen molar-refractivity contribution in [1.82, 2.24) is 15.0 Å². The van der Waals surface area contributed by atoms with Crippen molar-refractivity contribution >= 4 is 17.6 Å². The molecule has 1 aliphatic carbocycles. The predicted octanol–water partition coefficient (Wildman–Crippen LogP) is 3.54. The molecule has 0 aromatic carbocycles. The first-order valence-electron chi connectivity index (χ1n) is 7.26. The fourth-order valence-corrected chi connectivity index (χ4v) is 3.48. The summed E-state index contributed by atoms with van der Waals surface area (Å²) in [5.74, 6) is 1.67. The standard InChI is InChI=1S/C16H20N4S/c1-12-10-14(18-11-16(21-2)6-3-7-16)20-15(19-12)13-4-8-17-9-5-13/h4-5,8-10H,3,6-7,11H2,1-2H3,(H,18,19,20). The van der Waals surface area contributed by atoms with Crippen molar-refractivity contribution in [2.75, 3.05) is 18.1 Å². The van der Waals surface area contributed by atoms with Crippen LogP contribution in [0.5, 0.6) is 0 Å². The van der Waals surface area contributed by atoms with Gasteiger partial charge >= 0.3 is 0 Å². The summed E-state index contributed by atoms with van der Waals surface area (Å²) in [6.07, 6.45) is 9.67. The first kappa shape index (κ1) is 14.3. The Kier molecular flexibility index (Phi) is 4.10. The van der Waals surface area contributed by atoms with Gasteiger partial charge in [0.15, 0.2) is 5.82 Å². The molecule has 1 N–H and O–H groups in total. The van der Waals surface area contributed by atoms with Crippen LogP contribution in [0.15, 0.2) is 30.6 Å². The molecule has 110 valence electrons. The Morgan fingerprint density at radius 1 is 1.24 bits per heavy atom. The lowest BCUT2D eigenvalue weighted by atomic mass is 9.84. The lowest BCUT2D eigenvalue weighted by Gasteiger charge is -2.40. The van der Waals surface area contributed by atoms with Crippen LogP contribution in [-0.4, -0.2) is 32.5 Å². The first-order chi connectivity index (χ1) is 10.2. The highest BCUT2D eigenvalue weighted by Gasteiger charge is 2.35. The number of thioether (sulfide) groups is 1. The van der Waals surface area contributed by atoms with Crippen LogP contribution in [0, 0.1) is 6.92 Å². The summed E-state index contributed by atoms with van der Waals surface area (Å²) in [7, 11) is 0. The average Bonchev–Trinajstić information content (AvgIpc) is 2.47. The summed E-state index contributed by atoms with van der Waals surface area (Å²) >= 11 is 1.97. The highest BCUT2D eigenvalue weighted by atomic mass is 32.2. The molecule has 0 atom stereocenters. The smallest absolute Gasteiger partial charge is 0.161 e. The maximum absolute atomic E-state index is 4.64. The minimum Gasteiger partial charge on any atom is -0.369 e. The molecule has 2 heterocycles. The van der Waals surface area contributed by atoms with E-state index in [-0.39, 0.29) is 0 Å². The quantitative estimate of drug-likeness (QED) is 0.915. The van der Waals surface area contributed by atoms with Crippen LogP contribution >= 0.6 is 11.8 Å². The molecule has 4 nitrogen and oxygen atoms in total. The number of pyridine rings is 1. The van der Waals surface area contributed by atoms with E-state index in [2.05, 4.69) is 26.5 Å². The highest BCUT2D eigenvalue weighted by molar-refractivity contribution is 8.00. The van der Waals surface area contributed by atoms with Crippen molar-refractivity contribution in [2.45, 2.75) is 30.9 Å². The van der Waals surface area contributed by atoms with Crippen LogP contribution in [0.2, 0.25) is 0 Å². The van der Waals surface area contributed by atoms with Gasteiger partial charge in [-0.15, -0.1) is 0 Å². The van der Waals surface area contributed by atoms with Gasteiger partial charge in [-0.25, -0.2) is 9.97 Å². The molecule has 1 aliphatic rings. The summed E-state index contributed by atoms with van der Waals surface area (Å²) in [6, 6.07) is 5.89. The molecule has 1 saturated carbocycles. The van der Waals surface area contributed by atoms with Crippen molar-refractivity contribution in [1.29, 1.82) is 0 Å². The zero-order chi connectivity index (χ0) is 14.7. The number of nitrogens with one attached hydrogen (secondary N) is 1. The van der Waals surface area contributed by atoms with Crippen LogP contribution in [-0.2, 0) is 0 Å². The third-order valence-corrected chi connectivity index (χ3v) is 5.50. The molecule has 0 amide bonds. The van der Waals surface area contributed by atoms with E-state index in [4.69, 9.17) is 0 Å². The number of hydrogen-bond acceptors (Lipinski definition) is 5. The minimum atomic E-state index is 0.398. The van der Waals surface area contributed by atoms with Crippen molar-refractivity contribution < 1.29 is 0 Å². The van der Waals surface area contributed by atoms with Gasteiger partial charge in [-0.1, -0.05) is 6.42 Å². The number of anilines is 1. The lowest BCUT2D eigenvalue weighted by molar-refractivity contribution is 0.379. The number of hydrogen-bond donors (Lipinski definition) is 1. The number of aromatic nitrogens is 3. The monoisotopic (exact) mass is 300 g/mol. The van der Waals surface area contributed by atoms with Gasteiger partial charge < -0.3 is 5.32 Å². The second kappa shape index (κ2) is 6.02. The number of rotatable bonds is 5.